The van der Waals surface area contributed by atoms with E-state index in [-0.39, 0.29) is 12.5 Å². The Balaban J connectivity index is 2.36. The monoisotopic (exact) mass is 277 g/mol. The molecule has 1 aliphatic heterocycles. The average molecular weight is 277 g/mol. The highest BCUT2D eigenvalue weighted by atomic mass is 16.5. The van der Waals surface area contributed by atoms with Crippen LogP contribution in [-0.2, 0) is 6.42 Å². The van der Waals surface area contributed by atoms with E-state index < -0.39 is 0 Å². The van der Waals surface area contributed by atoms with E-state index in [9.17, 15) is 5.11 Å². The van der Waals surface area contributed by atoms with Gasteiger partial charge in [-0.15, -0.1) is 0 Å². The number of aliphatic hydroxyl groups excluding tert-OH is 1. The van der Waals surface area contributed by atoms with Gasteiger partial charge >= 0.3 is 0 Å². The molecule has 1 fully saturated rings. The molecule has 1 aromatic rings. The number of benzene rings is 1. The second-order valence-electron chi connectivity index (χ2n) is 5.77. The minimum atomic E-state index is 0.232. The second kappa shape index (κ2) is 7.09. The van der Waals surface area contributed by atoms with Crippen molar-refractivity contribution in [1.29, 1.82) is 0 Å². The van der Waals surface area contributed by atoms with Crippen LogP contribution in [0.5, 0.6) is 5.75 Å². The standard InChI is InChI=1S/C17H27NO2/c1-4-14-11-15(20-3)7-8-16(14)17(13(2)12-19)18-9-5-6-10-18/h7-8,11,13,17,19H,4-6,9-10,12H2,1-3H3. The Labute approximate surface area is 122 Å². The van der Waals surface area contributed by atoms with E-state index in [2.05, 4.69) is 30.9 Å². The molecule has 0 bridgehead atoms. The number of likely N-dealkylation sites (tertiary alicyclic amines) is 1. The number of ether oxygens (including phenoxy) is 1. The van der Waals surface area contributed by atoms with Crippen molar-refractivity contribution < 1.29 is 9.84 Å². The highest BCUT2D eigenvalue weighted by Gasteiger charge is 2.29. The van der Waals surface area contributed by atoms with Gasteiger partial charge in [-0.3, -0.25) is 4.90 Å². The SMILES string of the molecule is CCc1cc(OC)ccc1C(C(C)CO)N1CCCC1. The second-order valence-corrected chi connectivity index (χ2v) is 5.77. The molecular formula is C17H27NO2. The molecule has 0 radical (unpaired) electrons. The molecule has 0 saturated carbocycles. The van der Waals surface area contributed by atoms with Gasteiger partial charge in [-0.1, -0.05) is 19.9 Å². The van der Waals surface area contributed by atoms with Gasteiger partial charge in [0.15, 0.2) is 0 Å². The number of aryl methyl sites for hydroxylation is 1. The number of hydrogen-bond donors (Lipinski definition) is 1. The van der Waals surface area contributed by atoms with Crippen LogP contribution in [0.15, 0.2) is 18.2 Å². The molecule has 2 unspecified atom stereocenters. The van der Waals surface area contributed by atoms with Gasteiger partial charge in [-0.25, -0.2) is 0 Å². The van der Waals surface area contributed by atoms with Gasteiger partial charge in [-0.05, 0) is 61.5 Å². The number of nitrogens with zero attached hydrogens (tertiary/aromatic N) is 1. The van der Waals surface area contributed by atoms with Crippen LogP contribution >= 0.6 is 0 Å². The Morgan fingerprint density at radius 1 is 1.30 bits per heavy atom. The fourth-order valence-electron chi connectivity index (χ4n) is 3.29. The van der Waals surface area contributed by atoms with Crippen LogP contribution in [-0.4, -0.2) is 36.8 Å². The number of methoxy groups -OCH3 is 1. The molecule has 20 heavy (non-hydrogen) atoms. The highest BCUT2D eigenvalue weighted by molar-refractivity contribution is 5.38. The van der Waals surface area contributed by atoms with Gasteiger partial charge in [0.1, 0.15) is 5.75 Å². The van der Waals surface area contributed by atoms with Gasteiger partial charge in [-0.2, -0.15) is 0 Å². The Kier molecular flexibility index (Phi) is 5.44. The maximum atomic E-state index is 9.64. The lowest BCUT2D eigenvalue weighted by Gasteiger charge is -2.33. The molecule has 3 heteroatoms. The Morgan fingerprint density at radius 2 is 2.00 bits per heavy atom. The third-order valence-electron chi connectivity index (χ3n) is 4.41. The van der Waals surface area contributed by atoms with E-state index in [1.807, 2.05) is 6.07 Å². The lowest BCUT2D eigenvalue weighted by Crippen LogP contribution is -2.32. The van der Waals surface area contributed by atoms with Crippen LogP contribution in [0.25, 0.3) is 0 Å². The summed E-state index contributed by atoms with van der Waals surface area (Å²) in [7, 11) is 1.71. The molecular weight excluding hydrogens is 250 g/mol. The molecule has 0 aromatic heterocycles. The van der Waals surface area contributed by atoms with Crippen molar-refractivity contribution in [1.82, 2.24) is 4.90 Å². The van der Waals surface area contributed by atoms with E-state index in [0.717, 1.165) is 25.3 Å². The van der Waals surface area contributed by atoms with Crippen molar-refractivity contribution in [3.63, 3.8) is 0 Å². The highest BCUT2D eigenvalue weighted by Crippen LogP contribution is 2.35. The first-order valence-corrected chi connectivity index (χ1v) is 7.73. The lowest BCUT2D eigenvalue weighted by atomic mass is 9.89. The molecule has 112 valence electrons. The first kappa shape index (κ1) is 15.3. The molecule has 0 spiro atoms. The number of aliphatic hydroxyl groups is 1. The molecule has 1 aliphatic rings. The average Bonchev–Trinajstić information content (AvgIpc) is 3.01. The zero-order valence-corrected chi connectivity index (χ0v) is 12.9. The normalized spacial score (nSPS) is 19.0. The van der Waals surface area contributed by atoms with Crippen molar-refractivity contribution in [3.05, 3.63) is 29.3 Å². The van der Waals surface area contributed by atoms with Crippen LogP contribution in [0.2, 0.25) is 0 Å². The number of rotatable bonds is 6. The van der Waals surface area contributed by atoms with Crippen molar-refractivity contribution in [2.45, 2.75) is 39.2 Å². The van der Waals surface area contributed by atoms with Crippen molar-refractivity contribution in [2.75, 3.05) is 26.8 Å². The summed E-state index contributed by atoms with van der Waals surface area (Å²) in [5.74, 6) is 1.18. The first-order chi connectivity index (χ1) is 9.71. The minimum Gasteiger partial charge on any atom is -0.497 e. The van der Waals surface area contributed by atoms with Crippen molar-refractivity contribution in [2.24, 2.45) is 5.92 Å². The van der Waals surface area contributed by atoms with E-state index >= 15 is 0 Å². The van der Waals surface area contributed by atoms with Gasteiger partial charge in [0, 0.05) is 12.6 Å². The van der Waals surface area contributed by atoms with Crippen LogP contribution in [0.4, 0.5) is 0 Å². The predicted molar refractivity (Wildman–Crippen MR) is 82.2 cm³/mol. The van der Waals surface area contributed by atoms with Crippen LogP contribution in [0.1, 0.15) is 43.9 Å². The van der Waals surface area contributed by atoms with Gasteiger partial charge in [0.05, 0.1) is 7.11 Å². The molecule has 3 nitrogen and oxygen atoms in total. The third kappa shape index (κ3) is 3.15. The topological polar surface area (TPSA) is 32.7 Å². The molecule has 2 atom stereocenters. The van der Waals surface area contributed by atoms with Crippen LogP contribution < -0.4 is 4.74 Å². The summed E-state index contributed by atoms with van der Waals surface area (Å²) < 4.78 is 5.34. The van der Waals surface area contributed by atoms with E-state index in [1.54, 1.807) is 7.11 Å². The molecule has 1 saturated heterocycles. The lowest BCUT2D eigenvalue weighted by molar-refractivity contribution is 0.125. The Bertz CT molecular complexity index is 427. The maximum Gasteiger partial charge on any atom is 0.119 e. The summed E-state index contributed by atoms with van der Waals surface area (Å²) >= 11 is 0. The first-order valence-electron chi connectivity index (χ1n) is 7.73. The summed E-state index contributed by atoms with van der Waals surface area (Å²) in [5, 5.41) is 9.64. The molecule has 1 aromatic carbocycles. The van der Waals surface area contributed by atoms with E-state index in [4.69, 9.17) is 4.74 Å². The Hall–Kier alpha value is -1.06. The largest absolute Gasteiger partial charge is 0.497 e. The van der Waals surface area contributed by atoms with Crippen LogP contribution in [0, 0.1) is 5.92 Å². The maximum absolute atomic E-state index is 9.64. The smallest absolute Gasteiger partial charge is 0.119 e. The summed E-state index contributed by atoms with van der Waals surface area (Å²) in [4.78, 5) is 2.53. The van der Waals surface area contributed by atoms with Crippen LogP contribution in [0.3, 0.4) is 0 Å². The molecule has 1 N–H and O–H groups in total. The quantitative estimate of drug-likeness (QED) is 0.867. The van der Waals surface area contributed by atoms with Gasteiger partial charge in [0.2, 0.25) is 0 Å². The summed E-state index contributed by atoms with van der Waals surface area (Å²) in [6.07, 6.45) is 3.54. The zero-order valence-electron chi connectivity index (χ0n) is 12.9. The summed E-state index contributed by atoms with van der Waals surface area (Å²) in [6, 6.07) is 6.69. The fourth-order valence-corrected chi connectivity index (χ4v) is 3.29. The molecule has 1 heterocycles. The molecule has 2 rings (SSSR count). The number of hydrogen-bond acceptors (Lipinski definition) is 3. The van der Waals surface area contributed by atoms with Crippen molar-refractivity contribution >= 4 is 0 Å². The fraction of sp³-hybridized carbons (Fsp3) is 0.647. The molecule has 0 amide bonds. The van der Waals surface area contributed by atoms with E-state index in [0.29, 0.717) is 6.04 Å². The third-order valence-corrected chi connectivity index (χ3v) is 4.41. The van der Waals surface area contributed by atoms with E-state index in [1.165, 1.54) is 24.0 Å². The van der Waals surface area contributed by atoms with Gasteiger partial charge in [0.25, 0.3) is 0 Å². The zero-order chi connectivity index (χ0) is 14.5. The Morgan fingerprint density at radius 3 is 2.55 bits per heavy atom. The minimum absolute atomic E-state index is 0.232. The van der Waals surface area contributed by atoms with Crippen molar-refractivity contribution in [3.8, 4) is 5.75 Å². The van der Waals surface area contributed by atoms with Gasteiger partial charge < -0.3 is 9.84 Å². The summed E-state index contributed by atoms with van der Waals surface area (Å²) in [5.41, 5.74) is 2.69. The molecule has 0 aliphatic carbocycles. The predicted octanol–water partition coefficient (Wildman–Crippen LogP) is 3.02. The summed E-state index contributed by atoms with van der Waals surface area (Å²) in [6.45, 7) is 6.85.